The number of ether oxygens (including phenoxy) is 1. The monoisotopic (exact) mass is 509 g/mol. The number of halogens is 1. The summed E-state index contributed by atoms with van der Waals surface area (Å²) in [6.45, 7) is 6.67. The second-order valence-electron chi connectivity index (χ2n) is 8.42. The molecular weight excluding hydrogens is 478 g/mol. The van der Waals surface area contributed by atoms with E-state index in [2.05, 4.69) is 5.32 Å². The quantitative estimate of drug-likeness (QED) is 0.529. The molecule has 2 aromatic carbocycles. The number of nitrogens with one attached hydrogen (secondary N) is 1. The molecule has 0 heterocycles. The highest BCUT2D eigenvalue weighted by Crippen LogP contribution is 2.25. The molecule has 1 N–H and O–H groups in total. The molecule has 8 nitrogen and oxygen atoms in total. The molecule has 0 saturated carbocycles. The number of sulfonamides is 1. The fourth-order valence-electron chi connectivity index (χ4n) is 3.31. The third-order valence-corrected chi connectivity index (χ3v) is 6.76. The molecule has 0 aliphatic heterocycles. The lowest BCUT2D eigenvalue weighted by molar-refractivity contribution is -0.139. The summed E-state index contributed by atoms with van der Waals surface area (Å²) in [5, 5.41) is 3.19. The van der Waals surface area contributed by atoms with Crippen molar-refractivity contribution in [1.82, 2.24) is 10.2 Å². The van der Waals surface area contributed by atoms with Gasteiger partial charge in [0.05, 0.1) is 19.1 Å². The third kappa shape index (κ3) is 7.36. The Hall–Kier alpha value is -2.78. The number of nitrogens with zero attached hydrogens (tertiary/aromatic N) is 2. The largest absolute Gasteiger partial charge is 0.497 e. The molecule has 34 heavy (non-hydrogen) atoms. The van der Waals surface area contributed by atoms with Gasteiger partial charge < -0.3 is 15.0 Å². The Morgan fingerprint density at radius 3 is 2.35 bits per heavy atom. The average Bonchev–Trinajstić information content (AvgIpc) is 2.76. The van der Waals surface area contributed by atoms with Gasteiger partial charge >= 0.3 is 0 Å². The van der Waals surface area contributed by atoms with E-state index in [0.717, 1.165) is 21.7 Å². The van der Waals surface area contributed by atoms with Crippen LogP contribution in [0.3, 0.4) is 0 Å². The molecule has 186 valence electrons. The summed E-state index contributed by atoms with van der Waals surface area (Å²) in [4.78, 5) is 27.6. The fourth-order valence-corrected chi connectivity index (χ4v) is 4.32. The van der Waals surface area contributed by atoms with E-state index in [-0.39, 0.29) is 24.2 Å². The number of aryl methyl sites for hydroxylation is 1. The predicted molar refractivity (Wildman–Crippen MR) is 135 cm³/mol. The number of benzene rings is 2. The van der Waals surface area contributed by atoms with Crippen LogP contribution in [0.5, 0.6) is 5.75 Å². The highest BCUT2D eigenvalue weighted by Gasteiger charge is 2.30. The Bertz CT molecular complexity index is 1140. The van der Waals surface area contributed by atoms with Gasteiger partial charge in [0, 0.05) is 17.6 Å². The van der Waals surface area contributed by atoms with Gasteiger partial charge in [-0.1, -0.05) is 29.8 Å². The first-order valence-electron chi connectivity index (χ1n) is 10.8. The van der Waals surface area contributed by atoms with Gasteiger partial charge in [0.15, 0.2) is 0 Å². The van der Waals surface area contributed by atoms with Crippen LogP contribution >= 0.6 is 11.6 Å². The van der Waals surface area contributed by atoms with E-state index in [1.54, 1.807) is 44.2 Å². The molecule has 0 radical (unpaired) electrons. The minimum absolute atomic E-state index is 0.0922. The predicted octanol–water partition coefficient (Wildman–Crippen LogP) is 3.36. The highest BCUT2D eigenvalue weighted by atomic mass is 35.5. The van der Waals surface area contributed by atoms with Crippen molar-refractivity contribution in [3.05, 3.63) is 58.6 Å². The van der Waals surface area contributed by atoms with Crippen molar-refractivity contribution in [2.75, 3.05) is 24.2 Å². The maximum Gasteiger partial charge on any atom is 0.244 e. The number of carbonyl (C=O) groups is 2. The summed E-state index contributed by atoms with van der Waals surface area (Å²) in [5.74, 6) is -0.261. The van der Waals surface area contributed by atoms with E-state index in [1.807, 2.05) is 19.9 Å². The number of anilines is 1. The Labute approximate surface area is 206 Å². The normalized spacial score (nSPS) is 12.2. The van der Waals surface area contributed by atoms with Gasteiger partial charge in [0.2, 0.25) is 21.8 Å². The van der Waals surface area contributed by atoms with Gasteiger partial charge in [-0.3, -0.25) is 13.9 Å². The van der Waals surface area contributed by atoms with Crippen LogP contribution in [0.4, 0.5) is 5.69 Å². The zero-order chi connectivity index (χ0) is 25.6. The smallest absolute Gasteiger partial charge is 0.244 e. The Balaban J connectivity index is 2.42. The Morgan fingerprint density at radius 2 is 1.79 bits per heavy atom. The number of methoxy groups -OCH3 is 1. The zero-order valence-corrected chi connectivity index (χ0v) is 21.9. The molecule has 0 spiro atoms. The molecule has 10 heteroatoms. The van der Waals surface area contributed by atoms with Crippen LogP contribution in [0.25, 0.3) is 0 Å². The average molecular weight is 510 g/mol. The van der Waals surface area contributed by atoms with Crippen molar-refractivity contribution in [2.45, 2.75) is 46.3 Å². The Morgan fingerprint density at radius 1 is 1.12 bits per heavy atom. The summed E-state index contributed by atoms with van der Waals surface area (Å²) >= 11 is 6.20. The van der Waals surface area contributed by atoms with Gasteiger partial charge in [-0.05, 0) is 63.1 Å². The lowest BCUT2D eigenvalue weighted by Gasteiger charge is -2.32. The Kier molecular flexibility index (Phi) is 9.35. The van der Waals surface area contributed by atoms with Crippen LogP contribution in [0.2, 0.25) is 5.02 Å². The van der Waals surface area contributed by atoms with Gasteiger partial charge in [0.1, 0.15) is 18.3 Å². The molecule has 0 aliphatic rings. The van der Waals surface area contributed by atoms with Crippen molar-refractivity contribution in [1.29, 1.82) is 0 Å². The summed E-state index contributed by atoms with van der Waals surface area (Å²) in [6, 6.07) is 11.0. The molecule has 2 rings (SSSR count). The highest BCUT2D eigenvalue weighted by molar-refractivity contribution is 7.92. The number of hydrogen-bond donors (Lipinski definition) is 1. The first kappa shape index (κ1) is 27.5. The third-order valence-electron chi connectivity index (χ3n) is 5.21. The van der Waals surface area contributed by atoms with E-state index >= 15 is 0 Å². The van der Waals surface area contributed by atoms with Crippen LogP contribution in [0.1, 0.15) is 31.9 Å². The van der Waals surface area contributed by atoms with E-state index in [0.29, 0.717) is 10.8 Å². The first-order chi connectivity index (χ1) is 15.8. The summed E-state index contributed by atoms with van der Waals surface area (Å²) < 4.78 is 31.4. The molecule has 2 aromatic rings. The number of hydrogen-bond acceptors (Lipinski definition) is 5. The lowest BCUT2D eigenvalue weighted by Crippen LogP contribution is -2.52. The zero-order valence-electron chi connectivity index (χ0n) is 20.3. The molecular formula is C24H32ClN3O5S. The van der Waals surface area contributed by atoms with Crippen molar-refractivity contribution < 1.29 is 22.7 Å². The van der Waals surface area contributed by atoms with E-state index in [9.17, 15) is 18.0 Å². The van der Waals surface area contributed by atoms with E-state index in [1.165, 1.54) is 18.1 Å². The van der Waals surface area contributed by atoms with E-state index in [4.69, 9.17) is 16.3 Å². The SMILES string of the molecule is COc1cccc(CN(C(=O)CN(c2ccc(C)c(Cl)c2)S(C)(=O)=O)[C@@H](C)C(=O)NC(C)C)c1. The van der Waals surface area contributed by atoms with Gasteiger partial charge in [-0.25, -0.2) is 8.42 Å². The van der Waals surface area contributed by atoms with Crippen molar-refractivity contribution in [3.63, 3.8) is 0 Å². The minimum atomic E-state index is -3.82. The summed E-state index contributed by atoms with van der Waals surface area (Å²) in [7, 11) is -2.28. The second kappa shape index (κ2) is 11.6. The molecule has 0 bridgehead atoms. The summed E-state index contributed by atoms with van der Waals surface area (Å²) in [6.07, 6.45) is 1.02. The maximum absolute atomic E-state index is 13.5. The number of rotatable bonds is 10. The fraction of sp³-hybridized carbons (Fsp3) is 0.417. The number of amides is 2. The van der Waals surface area contributed by atoms with Crippen LogP contribution < -0.4 is 14.4 Å². The number of carbonyl (C=O) groups excluding carboxylic acids is 2. The van der Waals surface area contributed by atoms with Crippen molar-refractivity contribution in [2.24, 2.45) is 0 Å². The molecule has 1 atom stereocenters. The van der Waals surface area contributed by atoms with Gasteiger partial charge in [-0.15, -0.1) is 0 Å². The standard InChI is InChI=1S/C24H32ClN3O5S/c1-16(2)26-24(30)18(4)27(14-19-8-7-9-21(12-19)33-5)23(29)15-28(34(6,31)32)20-11-10-17(3)22(25)13-20/h7-13,16,18H,14-15H2,1-6H3,(H,26,30)/t18-/m0/s1. The molecule has 0 aromatic heterocycles. The van der Waals surface area contributed by atoms with E-state index < -0.39 is 28.5 Å². The maximum atomic E-state index is 13.5. The summed E-state index contributed by atoms with van der Waals surface area (Å²) in [5.41, 5.74) is 1.79. The van der Waals surface area contributed by atoms with Gasteiger partial charge in [0.25, 0.3) is 0 Å². The van der Waals surface area contributed by atoms with Crippen LogP contribution in [0.15, 0.2) is 42.5 Å². The lowest BCUT2D eigenvalue weighted by atomic mass is 10.1. The van der Waals surface area contributed by atoms with Gasteiger partial charge in [-0.2, -0.15) is 0 Å². The van der Waals surface area contributed by atoms with Crippen molar-refractivity contribution in [3.8, 4) is 5.75 Å². The van der Waals surface area contributed by atoms with Crippen LogP contribution in [-0.4, -0.2) is 57.1 Å². The molecule has 0 saturated heterocycles. The first-order valence-corrected chi connectivity index (χ1v) is 13.0. The molecule has 0 unspecified atom stereocenters. The topological polar surface area (TPSA) is 96.0 Å². The molecule has 0 aliphatic carbocycles. The van der Waals surface area contributed by atoms with Crippen molar-refractivity contribution >= 4 is 39.1 Å². The molecule has 0 fully saturated rings. The van der Waals surface area contributed by atoms with Crippen LogP contribution in [0, 0.1) is 6.92 Å². The molecule has 2 amide bonds. The second-order valence-corrected chi connectivity index (χ2v) is 10.7. The minimum Gasteiger partial charge on any atom is -0.497 e. The van der Waals surface area contributed by atoms with Crippen LogP contribution in [-0.2, 0) is 26.2 Å².